The van der Waals surface area contributed by atoms with Crippen LogP contribution in [0.15, 0.2) is 48.7 Å². The van der Waals surface area contributed by atoms with Crippen molar-refractivity contribution in [3.8, 4) is 0 Å². The fourth-order valence-corrected chi connectivity index (χ4v) is 9.45. The maximum atomic E-state index is 14.3. The second-order valence-corrected chi connectivity index (χ2v) is 15.8. The normalized spacial score (nSPS) is 36.3. The molecule has 0 unspecified atom stereocenters. The molecular formula is C41H47NO17. The molecule has 3 fully saturated rings. The number of hydrogen-bond donors (Lipinski definition) is 2. The molecule has 2 aromatic rings. The van der Waals surface area contributed by atoms with Crippen molar-refractivity contribution in [2.75, 3.05) is 13.2 Å². The Bertz CT molecular complexity index is 2020. The summed E-state index contributed by atoms with van der Waals surface area (Å²) in [7, 11) is 0. The fraction of sp³-hybridized carbons (Fsp3) is 0.561. The summed E-state index contributed by atoms with van der Waals surface area (Å²) in [4.78, 5) is 99.0. The summed E-state index contributed by atoms with van der Waals surface area (Å²) in [5.41, 5.74) is -9.98. The molecule has 1 aromatic heterocycles. The van der Waals surface area contributed by atoms with Crippen molar-refractivity contribution in [1.29, 1.82) is 0 Å². The van der Waals surface area contributed by atoms with E-state index in [-0.39, 0.29) is 29.7 Å². The van der Waals surface area contributed by atoms with Crippen molar-refractivity contribution in [3.05, 3.63) is 65.5 Å². The van der Waals surface area contributed by atoms with Crippen molar-refractivity contribution in [3.63, 3.8) is 0 Å². The van der Waals surface area contributed by atoms with Crippen LogP contribution in [0.25, 0.3) is 0 Å². The summed E-state index contributed by atoms with van der Waals surface area (Å²) >= 11 is 0. The molecule has 2 aliphatic heterocycles. The SMILES string of the molecule is CC(=O)OC[C@]12[C@H](OC(C)=O)[C@H](OC(C)=O)[C@@H]3[C@@H](O)[C@@]14O[C@@]3(C)COC(=O)c1cccnc1CC[C@H](C)C(=O)O[C@@H]([C@H](OC(C)=O)[C@@H]2OC(=O)c1ccccc1)[C@]4(C)O. The summed E-state index contributed by atoms with van der Waals surface area (Å²) in [6.07, 6.45) is -10.6. The molecule has 318 valence electrons. The van der Waals surface area contributed by atoms with Gasteiger partial charge < -0.3 is 48.1 Å². The van der Waals surface area contributed by atoms with Crippen LogP contribution >= 0.6 is 0 Å². The fourth-order valence-electron chi connectivity index (χ4n) is 9.45. The number of esters is 7. The molecule has 6 rings (SSSR count). The van der Waals surface area contributed by atoms with E-state index in [2.05, 4.69) is 4.98 Å². The first kappa shape index (κ1) is 43.1. The number of aliphatic hydroxyl groups is 2. The summed E-state index contributed by atoms with van der Waals surface area (Å²) in [5, 5.41) is 26.3. The van der Waals surface area contributed by atoms with Gasteiger partial charge in [0, 0.05) is 33.9 Å². The first-order valence-electron chi connectivity index (χ1n) is 19.0. The number of fused-ring (bicyclic) bond motifs is 5. The van der Waals surface area contributed by atoms with Gasteiger partial charge in [0.05, 0.1) is 34.8 Å². The van der Waals surface area contributed by atoms with E-state index in [1.807, 2.05) is 0 Å². The van der Waals surface area contributed by atoms with Crippen LogP contribution in [0.2, 0.25) is 0 Å². The molecule has 1 saturated heterocycles. The van der Waals surface area contributed by atoms with Crippen LogP contribution in [0.5, 0.6) is 0 Å². The van der Waals surface area contributed by atoms with Gasteiger partial charge in [0.1, 0.15) is 41.5 Å². The van der Waals surface area contributed by atoms with E-state index < -0.39 is 126 Å². The number of cyclic esters (lactones) is 1. The van der Waals surface area contributed by atoms with Crippen LogP contribution in [0.4, 0.5) is 0 Å². The van der Waals surface area contributed by atoms with Gasteiger partial charge in [-0.15, -0.1) is 0 Å². The zero-order chi connectivity index (χ0) is 43.2. The number of nitrogens with zero attached hydrogens (tertiary/aromatic N) is 1. The number of aromatic nitrogens is 1. The highest BCUT2D eigenvalue weighted by Crippen LogP contribution is 2.69. The third kappa shape index (κ3) is 7.20. The van der Waals surface area contributed by atoms with E-state index in [1.165, 1.54) is 56.4 Å². The predicted octanol–water partition coefficient (Wildman–Crippen LogP) is 1.59. The first-order valence-corrected chi connectivity index (χ1v) is 19.0. The summed E-state index contributed by atoms with van der Waals surface area (Å²) in [6.45, 7) is 6.23. The number of aryl methyl sites for hydroxylation is 1. The molecule has 3 heterocycles. The van der Waals surface area contributed by atoms with Crippen LogP contribution < -0.4 is 0 Å². The Kier molecular flexibility index (Phi) is 11.7. The zero-order valence-corrected chi connectivity index (χ0v) is 33.5. The highest BCUT2D eigenvalue weighted by atomic mass is 16.7. The number of rotatable bonds is 7. The quantitative estimate of drug-likeness (QED) is 0.297. The van der Waals surface area contributed by atoms with E-state index in [0.717, 1.165) is 34.6 Å². The van der Waals surface area contributed by atoms with Gasteiger partial charge in [0.25, 0.3) is 0 Å². The van der Waals surface area contributed by atoms with E-state index >= 15 is 0 Å². The molecule has 4 bridgehead atoms. The van der Waals surface area contributed by atoms with E-state index in [0.29, 0.717) is 0 Å². The number of pyridine rings is 1. The number of carbonyl (C=O) groups excluding carboxylic acids is 7. The molecule has 2 N–H and O–H groups in total. The number of hydrogen-bond acceptors (Lipinski definition) is 18. The second kappa shape index (κ2) is 16.0. The van der Waals surface area contributed by atoms with Gasteiger partial charge in [-0.2, -0.15) is 0 Å². The third-order valence-corrected chi connectivity index (χ3v) is 11.8. The van der Waals surface area contributed by atoms with Crippen LogP contribution in [-0.2, 0) is 68.3 Å². The van der Waals surface area contributed by atoms with E-state index in [4.69, 9.17) is 37.9 Å². The van der Waals surface area contributed by atoms with Crippen molar-refractivity contribution in [1.82, 2.24) is 4.98 Å². The van der Waals surface area contributed by atoms with Crippen LogP contribution in [0, 0.1) is 17.3 Å². The number of carbonyl (C=O) groups is 7. The lowest BCUT2D eigenvalue weighted by molar-refractivity contribution is -0.385. The second-order valence-electron chi connectivity index (χ2n) is 15.8. The molecule has 2 aliphatic carbocycles. The van der Waals surface area contributed by atoms with Crippen LogP contribution in [0.3, 0.4) is 0 Å². The van der Waals surface area contributed by atoms with Crippen LogP contribution in [0.1, 0.15) is 81.3 Å². The summed E-state index contributed by atoms with van der Waals surface area (Å²) < 4.78 is 48.6. The molecule has 2 saturated carbocycles. The minimum Gasteiger partial charge on any atom is -0.465 e. The first-order chi connectivity index (χ1) is 27.7. The van der Waals surface area contributed by atoms with Crippen molar-refractivity contribution >= 4 is 41.8 Å². The third-order valence-electron chi connectivity index (χ3n) is 11.8. The molecule has 18 heteroatoms. The van der Waals surface area contributed by atoms with Gasteiger partial charge in [0.2, 0.25) is 0 Å². The summed E-state index contributed by atoms with van der Waals surface area (Å²) in [5.74, 6) is -9.51. The topological polar surface area (TPSA) is 247 Å². The maximum Gasteiger partial charge on any atom is 0.340 e. The zero-order valence-electron chi connectivity index (χ0n) is 33.5. The smallest absolute Gasteiger partial charge is 0.340 e. The number of aliphatic hydroxyl groups excluding tert-OH is 1. The molecular weight excluding hydrogens is 778 g/mol. The van der Waals surface area contributed by atoms with Gasteiger partial charge in [0.15, 0.2) is 24.4 Å². The number of ether oxygens (including phenoxy) is 8. The molecule has 59 heavy (non-hydrogen) atoms. The Labute approximate surface area is 338 Å². The Balaban J connectivity index is 1.73. The molecule has 1 spiro atoms. The molecule has 18 nitrogen and oxygen atoms in total. The van der Waals surface area contributed by atoms with E-state index in [1.54, 1.807) is 6.07 Å². The maximum absolute atomic E-state index is 14.3. The van der Waals surface area contributed by atoms with Gasteiger partial charge in [-0.3, -0.25) is 29.0 Å². The lowest BCUT2D eigenvalue weighted by atomic mass is 9.45. The predicted molar refractivity (Wildman–Crippen MR) is 196 cm³/mol. The van der Waals surface area contributed by atoms with E-state index in [9.17, 15) is 43.8 Å². The van der Waals surface area contributed by atoms with Crippen LogP contribution in [-0.4, -0.2) is 124 Å². The largest absolute Gasteiger partial charge is 0.465 e. The number of benzene rings is 1. The lowest BCUT2D eigenvalue weighted by Crippen LogP contribution is -2.89. The molecule has 4 aliphatic rings. The standard InChI is InChI=1S/C41H47NO17/c1-20-15-16-27-26(14-11-17-42-27)37(50)53-18-38(6)28-29(54-22(3)44)33(56-24(5)46)40(19-52-21(2)43)34(58-36(49)25-12-9-8-10-13-25)30(55-23(4)45)32(57-35(20)48)39(7,51)41(40,59-38)31(28)47/h8-14,17,20,28-34,47,51H,15-16,18-19H2,1-7H3/t20-,28+,29+,30-,31+,32-,33+,34-,38-,39-,40+,41-/m0/s1. The highest BCUT2D eigenvalue weighted by molar-refractivity contribution is 5.91. The van der Waals surface area contributed by atoms with Crippen molar-refractivity contribution < 1.29 is 81.7 Å². The molecule has 1 aromatic carbocycles. The van der Waals surface area contributed by atoms with Crippen molar-refractivity contribution in [2.24, 2.45) is 17.3 Å². The van der Waals surface area contributed by atoms with Crippen molar-refractivity contribution in [2.45, 2.75) is 115 Å². The highest BCUT2D eigenvalue weighted by Gasteiger charge is 2.91. The monoisotopic (exact) mass is 825 g/mol. The molecule has 0 amide bonds. The Morgan fingerprint density at radius 3 is 2.10 bits per heavy atom. The van der Waals surface area contributed by atoms with Gasteiger partial charge >= 0.3 is 41.8 Å². The minimum atomic E-state index is -2.80. The average Bonchev–Trinajstić information content (AvgIpc) is 3.37. The summed E-state index contributed by atoms with van der Waals surface area (Å²) in [6, 6.07) is 10.4. The lowest BCUT2D eigenvalue weighted by Gasteiger charge is -2.67. The van der Waals surface area contributed by atoms with Gasteiger partial charge in [-0.1, -0.05) is 25.1 Å². The molecule has 0 radical (unpaired) electrons. The average molecular weight is 826 g/mol. The Hall–Kier alpha value is -5.46. The Morgan fingerprint density at radius 2 is 1.47 bits per heavy atom. The van der Waals surface area contributed by atoms with Gasteiger partial charge in [-0.05, 0) is 51.0 Å². The minimum absolute atomic E-state index is 0.0401. The Morgan fingerprint density at radius 1 is 0.847 bits per heavy atom. The van der Waals surface area contributed by atoms with Gasteiger partial charge in [-0.25, -0.2) is 9.59 Å². The molecule has 12 atom stereocenters.